The molecular formula is C21H20ClFN4O4S. The highest BCUT2D eigenvalue weighted by atomic mass is 35.5. The first-order chi connectivity index (χ1) is 15.1. The molecule has 2 aromatic carbocycles. The van der Waals surface area contributed by atoms with Crippen LogP contribution in [0.5, 0.6) is 5.75 Å². The predicted octanol–water partition coefficient (Wildman–Crippen LogP) is 4.99. The van der Waals surface area contributed by atoms with Crippen LogP contribution in [0.1, 0.15) is 19.5 Å². The molecular weight excluding hydrogens is 459 g/mol. The zero-order valence-corrected chi connectivity index (χ0v) is 19.0. The first kappa shape index (κ1) is 23.4. The first-order valence-electron chi connectivity index (χ1n) is 9.52. The van der Waals surface area contributed by atoms with Crippen LogP contribution in [0.2, 0.25) is 5.02 Å². The molecule has 3 aromatic rings. The third kappa shape index (κ3) is 5.71. The summed E-state index contributed by atoms with van der Waals surface area (Å²) < 4.78 is 21.7. The van der Waals surface area contributed by atoms with Gasteiger partial charge in [-0.05, 0) is 32.0 Å². The van der Waals surface area contributed by atoms with Crippen molar-refractivity contribution in [3.8, 4) is 5.75 Å². The van der Waals surface area contributed by atoms with Gasteiger partial charge < -0.3 is 14.6 Å². The first-order valence-corrected chi connectivity index (χ1v) is 10.8. The van der Waals surface area contributed by atoms with Crippen molar-refractivity contribution < 1.29 is 18.8 Å². The van der Waals surface area contributed by atoms with Crippen LogP contribution in [-0.2, 0) is 18.3 Å². The molecule has 0 aliphatic rings. The van der Waals surface area contributed by atoms with Gasteiger partial charge in [-0.1, -0.05) is 11.6 Å². The minimum absolute atomic E-state index is 0.0460. The van der Waals surface area contributed by atoms with E-state index in [2.05, 4.69) is 10.3 Å². The molecule has 0 bridgehead atoms. The van der Waals surface area contributed by atoms with Crippen LogP contribution in [0.4, 0.5) is 21.5 Å². The molecule has 0 saturated carbocycles. The van der Waals surface area contributed by atoms with E-state index in [1.807, 2.05) is 13.8 Å². The predicted molar refractivity (Wildman–Crippen MR) is 121 cm³/mol. The molecule has 8 nitrogen and oxygen atoms in total. The summed E-state index contributed by atoms with van der Waals surface area (Å²) in [7, 11) is 1.73. The number of rotatable bonds is 7. The van der Waals surface area contributed by atoms with E-state index >= 15 is 0 Å². The molecule has 0 atom stereocenters. The van der Waals surface area contributed by atoms with Crippen molar-refractivity contribution in [2.45, 2.75) is 26.4 Å². The van der Waals surface area contributed by atoms with E-state index in [0.717, 1.165) is 6.07 Å². The molecule has 1 heterocycles. The highest BCUT2D eigenvalue weighted by Crippen LogP contribution is 2.32. The molecule has 0 fully saturated rings. The van der Waals surface area contributed by atoms with Gasteiger partial charge in [0, 0.05) is 42.0 Å². The number of carbonyl (C=O) groups excluding carboxylic acids is 1. The van der Waals surface area contributed by atoms with E-state index in [4.69, 9.17) is 16.3 Å². The average molecular weight is 479 g/mol. The molecule has 1 aromatic heterocycles. The highest BCUT2D eigenvalue weighted by Gasteiger charge is 2.13. The molecule has 0 aliphatic heterocycles. The van der Waals surface area contributed by atoms with Gasteiger partial charge in [0.25, 0.3) is 5.69 Å². The lowest BCUT2D eigenvalue weighted by Gasteiger charge is -2.12. The number of nitro groups is 1. The van der Waals surface area contributed by atoms with Gasteiger partial charge in [0.05, 0.1) is 22.5 Å². The number of carbonyl (C=O) groups is 1. The second-order valence-corrected chi connectivity index (χ2v) is 8.35. The van der Waals surface area contributed by atoms with E-state index in [1.54, 1.807) is 17.0 Å². The Hall–Kier alpha value is -3.24. The number of thiazole rings is 1. The van der Waals surface area contributed by atoms with Gasteiger partial charge in [-0.25, -0.2) is 9.38 Å². The lowest BCUT2D eigenvalue weighted by Crippen LogP contribution is -2.19. The number of nitrogens with zero attached hydrogens (tertiary/aromatic N) is 3. The summed E-state index contributed by atoms with van der Waals surface area (Å²) in [5, 5.41) is 15.3. The number of hydrogen-bond acceptors (Lipinski definition) is 6. The van der Waals surface area contributed by atoms with Crippen LogP contribution in [-0.4, -0.2) is 21.5 Å². The fourth-order valence-corrected chi connectivity index (χ4v) is 3.86. The van der Waals surface area contributed by atoms with Gasteiger partial charge in [0.2, 0.25) is 5.91 Å². The minimum atomic E-state index is -0.586. The Kier molecular flexibility index (Phi) is 7.26. The van der Waals surface area contributed by atoms with Gasteiger partial charge in [-0.3, -0.25) is 14.9 Å². The summed E-state index contributed by atoms with van der Waals surface area (Å²) in [6.07, 6.45) is -0.0887. The summed E-state index contributed by atoms with van der Waals surface area (Å²) in [5.41, 5.74) is 1.13. The van der Waals surface area contributed by atoms with E-state index in [0.29, 0.717) is 21.9 Å². The second-order valence-electron chi connectivity index (χ2n) is 7.11. The van der Waals surface area contributed by atoms with Crippen molar-refractivity contribution in [2.75, 3.05) is 5.32 Å². The number of benzene rings is 2. The second kappa shape index (κ2) is 9.92. The van der Waals surface area contributed by atoms with Gasteiger partial charge in [-0.15, -0.1) is 11.3 Å². The highest BCUT2D eigenvalue weighted by molar-refractivity contribution is 7.07. The Balaban J connectivity index is 1.78. The lowest BCUT2D eigenvalue weighted by atomic mass is 10.2. The monoisotopic (exact) mass is 478 g/mol. The number of hydrogen-bond donors (Lipinski definition) is 1. The molecule has 168 valence electrons. The van der Waals surface area contributed by atoms with Crippen LogP contribution in [0, 0.1) is 15.9 Å². The van der Waals surface area contributed by atoms with Crippen LogP contribution >= 0.6 is 22.9 Å². The number of anilines is 1. The number of halogens is 2. The summed E-state index contributed by atoms with van der Waals surface area (Å²) in [6.45, 7) is 3.67. The zero-order valence-electron chi connectivity index (χ0n) is 17.5. The molecule has 11 heteroatoms. The Morgan fingerprint density at radius 1 is 1.34 bits per heavy atom. The van der Waals surface area contributed by atoms with Gasteiger partial charge >= 0.3 is 0 Å². The number of ether oxygens (including phenoxy) is 1. The minimum Gasteiger partial charge on any atom is -0.489 e. The Labute approximate surface area is 192 Å². The largest absolute Gasteiger partial charge is 0.489 e. The van der Waals surface area contributed by atoms with E-state index in [1.165, 1.54) is 41.7 Å². The number of nitrogens with one attached hydrogen (secondary N) is 1. The number of amides is 1. The maximum absolute atomic E-state index is 14.4. The smallest absolute Gasteiger partial charge is 0.269 e. The molecule has 32 heavy (non-hydrogen) atoms. The number of non-ortho nitro benzene ring substituents is 1. The summed E-state index contributed by atoms with van der Waals surface area (Å²) in [6, 6.07) is 8.15. The van der Waals surface area contributed by atoms with Gasteiger partial charge in [0.15, 0.2) is 10.6 Å². The summed E-state index contributed by atoms with van der Waals surface area (Å²) in [4.78, 5) is 27.4. The number of nitro benzene ring substituents is 1. The van der Waals surface area contributed by atoms with Gasteiger partial charge in [-0.2, -0.15) is 0 Å². The van der Waals surface area contributed by atoms with Crippen LogP contribution < -0.4 is 14.9 Å². The average Bonchev–Trinajstić information content (AvgIpc) is 3.05. The molecule has 0 radical (unpaired) electrons. The standard InChI is InChI=1S/C21H20ClFN4O4S/c1-12(2)31-19-10-18(17(23)9-16(19)22)25-21-26(3)15(11-32-21)8-20(28)24-13-4-6-14(7-5-13)27(29)30/h4-7,9-12H,8H2,1-3H3,(H,24,28). The van der Waals surface area contributed by atoms with Crippen LogP contribution in [0.15, 0.2) is 46.8 Å². The Morgan fingerprint density at radius 2 is 2.03 bits per heavy atom. The van der Waals surface area contributed by atoms with E-state index < -0.39 is 10.7 Å². The topological polar surface area (TPSA) is 98.8 Å². The quantitative estimate of drug-likeness (QED) is 0.382. The van der Waals surface area contributed by atoms with Crippen molar-refractivity contribution in [3.05, 3.63) is 73.2 Å². The molecule has 3 rings (SSSR count). The van der Waals surface area contributed by atoms with Crippen molar-refractivity contribution in [1.82, 2.24) is 4.57 Å². The summed E-state index contributed by atoms with van der Waals surface area (Å²) in [5.74, 6) is -0.551. The normalized spacial score (nSPS) is 11.6. The third-order valence-corrected chi connectivity index (χ3v) is 5.56. The third-order valence-electron chi connectivity index (χ3n) is 4.30. The lowest BCUT2D eigenvalue weighted by molar-refractivity contribution is -0.384. The molecule has 0 unspecified atom stereocenters. The van der Waals surface area contributed by atoms with Crippen molar-refractivity contribution in [1.29, 1.82) is 0 Å². The van der Waals surface area contributed by atoms with E-state index in [-0.39, 0.29) is 34.8 Å². The van der Waals surface area contributed by atoms with Crippen molar-refractivity contribution in [2.24, 2.45) is 12.0 Å². The van der Waals surface area contributed by atoms with Crippen LogP contribution in [0.25, 0.3) is 0 Å². The SMILES string of the molecule is CC(C)Oc1cc(N=c2scc(CC(=O)Nc3ccc([N+](=O)[O-])cc3)n2C)c(F)cc1Cl. The molecule has 1 amide bonds. The fraction of sp³-hybridized carbons (Fsp3) is 0.238. The molecule has 1 N–H and O–H groups in total. The summed E-state index contributed by atoms with van der Waals surface area (Å²) >= 11 is 7.30. The van der Waals surface area contributed by atoms with Crippen molar-refractivity contribution in [3.63, 3.8) is 0 Å². The maximum Gasteiger partial charge on any atom is 0.269 e. The fourth-order valence-electron chi connectivity index (χ4n) is 2.75. The van der Waals surface area contributed by atoms with Crippen molar-refractivity contribution >= 4 is 45.9 Å². The van der Waals surface area contributed by atoms with Crippen LogP contribution in [0.3, 0.4) is 0 Å². The zero-order chi connectivity index (χ0) is 23.4. The molecule has 0 saturated heterocycles. The molecule has 0 aliphatic carbocycles. The Morgan fingerprint density at radius 3 is 2.66 bits per heavy atom. The van der Waals surface area contributed by atoms with Gasteiger partial charge in [0.1, 0.15) is 11.4 Å². The Bertz CT molecular complexity index is 1220. The number of aromatic nitrogens is 1. The molecule has 0 spiro atoms. The maximum atomic E-state index is 14.4. The van der Waals surface area contributed by atoms with E-state index in [9.17, 15) is 19.3 Å².